The molecule has 0 aromatic heterocycles. The van der Waals surface area contributed by atoms with E-state index in [9.17, 15) is 0 Å². The summed E-state index contributed by atoms with van der Waals surface area (Å²) in [5.41, 5.74) is 1.06. The van der Waals surface area contributed by atoms with Gasteiger partial charge in [-0.3, -0.25) is 0 Å². The van der Waals surface area contributed by atoms with Crippen molar-refractivity contribution in [3.63, 3.8) is 0 Å². The van der Waals surface area contributed by atoms with Crippen LogP contribution in [0.1, 0.15) is 24.4 Å². The highest BCUT2D eigenvalue weighted by Gasteiger charge is 2.20. The van der Waals surface area contributed by atoms with Crippen molar-refractivity contribution in [1.82, 2.24) is 5.32 Å². The van der Waals surface area contributed by atoms with Crippen LogP contribution < -0.4 is 5.32 Å². The zero-order valence-corrected chi connectivity index (χ0v) is 8.70. The van der Waals surface area contributed by atoms with Crippen LogP contribution in [-0.2, 0) is 0 Å². The fourth-order valence-electron chi connectivity index (χ4n) is 1.77. The van der Waals surface area contributed by atoms with Gasteiger partial charge in [-0.1, -0.05) is 29.3 Å². The first kappa shape index (κ1) is 9.32. The molecule has 0 aliphatic carbocycles. The quantitative estimate of drug-likeness (QED) is 0.758. The van der Waals surface area contributed by atoms with E-state index in [-0.39, 0.29) is 0 Å². The minimum atomic E-state index is 0.348. The second-order valence-corrected chi connectivity index (χ2v) is 4.10. The monoisotopic (exact) mass is 215 g/mol. The van der Waals surface area contributed by atoms with E-state index >= 15 is 0 Å². The molecule has 0 saturated carbocycles. The summed E-state index contributed by atoms with van der Waals surface area (Å²) in [4.78, 5) is 0. The van der Waals surface area contributed by atoms with Gasteiger partial charge in [-0.15, -0.1) is 0 Å². The zero-order chi connectivity index (χ0) is 9.26. The summed E-state index contributed by atoms with van der Waals surface area (Å²) < 4.78 is 0. The van der Waals surface area contributed by atoms with Crippen LogP contribution in [-0.4, -0.2) is 6.54 Å². The van der Waals surface area contributed by atoms with E-state index in [1.807, 2.05) is 18.2 Å². The van der Waals surface area contributed by atoms with E-state index in [2.05, 4.69) is 5.32 Å². The first-order valence-corrected chi connectivity index (χ1v) is 5.22. The number of benzene rings is 1. The van der Waals surface area contributed by atoms with Crippen LogP contribution in [0, 0.1) is 0 Å². The Kier molecular flexibility index (Phi) is 2.77. The molecule has 1 unspecified atom stereocenters. The summed E-state index contributed by atoms with van der Waals surface area (Å²) >= 11 is 12.2. The Bertz CT molecular complexity index is 286. The number of nitrogens with one attached hydrogen (secondary N) is 1. The summed E-state index contributed by atoms with van der Waals surface area (Å²) in [6.45, 7) is 1.06. The van der Waals surface area contributed by atoms with Crippen LogP contribution in [0.25, 0.3) is 0 Å². The first-order chi connectivity index (χ1) is 6.29. The first-order valence-electron chi connectivity index (χ1n) is 4.46. The highest BCUT2D eigenvalue weighted by molar-refractivity contribution is 6.36. The van der Waals surface area contributed by atoms with Crippen molar-refractivity contribution in [2.75, 3.05) is 6.54 Å². The van der Waals surface area contributed by atoms with Crippen LogP contribution >= 0.6 is 23.2 Å². The van der Waals surface area contributed by atoms with Gasteiger partial charge in [0.05, 0.1) is 0 Å². The fraction of sp³-hybridized carbons (Fsp3) is 0.400. The Labute approximate surface area is 88.0 Å². The maximum absolute atomic E-state index is 6.09. The van der Waals surface area contributed by atoms with Crippen LogP contribution in [0.5, 0.6) is 0 Å². The van der Waals surface area contributed by atoms with E-state index in [0.29, 0.717) is 6.04 Å². The van der Waals surface area contributed by atoms with Crippen molar-refractivity contribution < 1.29 is 0 Å². The van der Waals surface area contributed by atoms with Crippen LogP contribution in [0.3, 0.4) is 0 Å². The number of halogens is 2. The van der Waals surface area contributed by atoms with Gasteiger partial charge in [-0.25, -0.2) is 0 Å². The van der Waals surface area contributed by atoms with E-state index in [4.69, 9.17) is 23.2 Å². The molecule has 1 aliphatic heterocycles. The molecule has 0 amide bonds. The molecule has 2 rings (SSSR count). The topological polar surface area (TPSA) is 12.0 Å². The Balaban J connectivity index is 2.37. The lowest BCUT2D eigenvalue weighted by atomic mass is 10.1. The maximum atomic E-state index is 6.09. The second-order valence-electron chi connectivity index (χ2n) is 3.28. The van der Waals surface area contributed by atoms with Gasteiger partial charge < -0.3 is 5.32 Å². The van der Waals surface area contributed by atoms with Crippen molar-refractivity contribution in [3.05, 3.63) is 33.8 Å². The Morgan fingerprint density at radius 2 is 1.92 bits per heavy atom. The molecule has 1 nitrogen and oxygen atoms in total. The van der Waals surface area contributed by atoms with Gasteiger partial charge in [0.15, 0.2) is 0 Å². The molecule has 1 atom stereocenters. The van der Waals surface area contributed by atoms with E-state index in [0.717, 1.165) is 28.6 Å². The molecule has 0 radical (unpaired) electrons. The Morgan fingerprint density at radius 1 is 1.23 bits per heavy atom. The summed E-state index contributed by atoms with van der Waals surface area (Å²) in [6.07, 6.45) is 2.33. The molecule has 70 valence electrons. The summed E-state index contributed by atoms with van der Waals surface area (Å²) in [5.74, 6) is 0. The molecule has 3 heteroatoms. The summed E-state index contributed by atoms with van der Waals surface area (Å²) in [6, 6.07) is 6.01. The van der Waals surface area contributed by atoms with Crippen molar-refractivity contribution in [3.8, 4) is 0 Å². The molecule has 1 heterocycles. The largest absolute Gasteiger partial charge is 0.310 e. The molecular formula is C10H11Cl2N. The van der Waals surface area contributed by atoms with Crippen molar-refractivity contribution in [1.29, 1.82) is 0 Å². The molecule has 1 aliphatic rings. The molecule has 1 aromatic rings. The molecule has 0 bridgehead atoms. The van der Waals surface area contributed by atoms with Gasteiger partial charge in [0.2, 0.25) is 0 Å². The van der Waals surface area contributed by atoms with E-state index in [1.54, 1.807) is 0 Å². The molecule has 13 heavy (non-hydrogen) atoms. The summed E-state index contributed by atoms with van der Waals surface area (Å²) in [5, 5.41) is 4.93. The van der Waals surface area contributed by atoms with Crippen molar-refractivity contribution in [2.45, 2.75) is 18.9 Å². The lowest BCUT2D eigenvalue weighted by Crippen LogP contribution is -2.13. The Morgan fingerprint density at radius 3 is 2.46 bits per heavy atom. The standard InChI is InChI=1S/C10H11Cl2N/c11-7-3-1-4-8(12)10(7)9-5-2-6-13-9/h1,3-4,9,13H,2,5-6H2. The number of rotatable bonds is 1. The van der Waals surface area contributed by atoms with Gasteiger partial charge in [-0.2, -0.15) is 0 Å². The fourth-order valence-corrected chi connectivity index (χ4v) is 2.44. The smallest absolute Gasteiger partial charge is 0.0468 e. The van der Waals surface area contributed by atoms with Gasteiger partial charge in [-0.05, 0) is 31.5 Å². The molecular weight excluding hydrogens is 205 g/mol. The maximum Gasteiger partial charge on any atom is 0.0468 e. The van der Waals surface area contributed by atoms with Crippen LogP contribution in [0.4, 0.5) is 0 Å². The van der Waals surface area contributed by atoms with Crippen molar-refractivity contribution >= 4 is 23.2 Å². The van der Waals surface area contributed by atoms with Crippen LogP contribution in [0.2, 0.25) is 10.0 Å². The number of hydrogen-bond acceptors (Lipinski definition) is 1. The molecule has 1 fully saturated rings. The SMILES string of the molecule is Clc1cccc(Cl)c1C1CCCN1. The minimum absolute atomic E-state index is 0.348. The van der Waals surface area contributed by atoms with Gasteiger partial charge >= 0.3 is 0 Å². The average molecular weight is 216 g/mol. The molecule has 1 N–H and O–H groups in total. The highest BCUT2D eigenvalue weighted by atomic mass is 35.5. The van der Waals surface area contributed by atoms with Gasteiger partial charge in [0.1, 0.15) is 0 Å². The third-order valence-electron chi connectivity index (χ3n) is 2.41. The Hall–Kier alpha value is -0.240. The predicted octanol–water partition coefficient (Wildman–Crippen LogP) is 3.42. The molecule has 1 saturated heterocycles. The third kappa shape index (κ3) is 1.83. The van der Waals surface area contributed by atoms with Gasteiger partial charge in [0.25, 0.3) is 0 Å². The van der Waals surface area contributed by atoms with Gasteiger partial charge in [0, 0.05) is 21.7 Å². The van der Waals surface area contributed by atoms with E-state index < -0.39 is 0 Å². The minimum Gasteiger partial charge on any atom is -0.310 e. The summed E-state index contributed by atoms with van der Waals surface area (Å²) in [7, 11) is 0. The zero-order valence-electron chi connectivity index (χ0n) is 7.19. The lowest BCUT2D eigenvalue weighted by molar-refractivity contribution is 0.648. The third-order valence-corrected chi connectivity index (χ3v) is 3.07. The predicted molar refractivity (Wildman–Crippen MR) is 56.4 cm³/mol. The van der Waals surface area contributed by atoms with Crippen molar-refractivity contribution in [2.24, 2.45) is 0 Å². The second kappa shape index (κ2) is 3.87. The van der Waals surface area contributed by atoms with Crippen LogP contribution in [0.15, 0.2) is 18.2 Å². The normalized spacial score (nSPS) is 22.2. The highest BCUT2D eigenvalue weighted by Crippen LogP contribution is 2.34. The molecule has 1 aromatic carbocycles. The average Bonchev–Trinajstić information content (AvgIpc) is 2.57. The molecule has 0 spiro atoms. The van der Waals surface area contributed by atoms with E-state index in [1.165, 1.54) is 6.42 Å². The number of hydrogen-bond donors (Lipinski definition) is 1. The lowest BCUT2D eigenvalue weighted by Gasteiger charge is -2.13.